The Hall–Kier alpha value is -0.671. The van der Waals surface area contributed by atoms with Crippen LogP contribution in [0.4, 0.5) is 0 Å². The van der Waals surface area contributed by atoms with Crippen molar-refractivity contribution in [2.75, 3.05) is 7.11 Å². The third-order valence-electron chi connectivity index (χ3n) is 0.854. The quantitative estimate of drug-likeness (QED) is 0.473. The molecular formula is C5H8FeN2O2. The second kappa shape index (κ2) is 5.14. The Labute approximate surface area is 69.7 Å². The molecule has 10 heavy (non-hydrogen) atoms. The van der Waals surface area contributed by atoms with Crippen molar-refractivity contribution >= 4 is 5.84 Å². The van der Waals surface area contributed by atoms with Crippen molar-refractivity contribution in [2.45, 2.75) is 6.42 Å². The van der Waals surface area contributed by atoms with Gasteiger partial charge in [-0.2, -0.15) is 0 Å². The number of nitrogens with one attached hydrogen (secondary N) is 1. The molecule has 0 saturated carbocycles. The fraction of sp³-hybridized carbons (Fsp3) is 0.400. The van der Waals surface area contributed by atoms with E-state index in [2.05, 4.69) is 15.5 Å². The summed E-state index contributed by atoms with van der Waals surface area (Å²) in [7, 11) is 1.49. The minimum atomic E-state index is 0. The van der Waals surface area contributed by atoms with Gasteiger partial charge < -0.3 is 9.68 Å². The van der Waals surface area contributed by atoms with Gasteiger partial charge >= 0.3 is 0 Å². The number of hydroxylamine groups is 1. The van der Waals surface area contributed by atoms with Crippen molar-refractivity contribution in [3.8, 4) is 0 Å². The summed E-state index contributed by atoms with van der Waals surface area (Å²) in [5.41, 5.74) is 2.56. The first-order chi connectivity index (χ1) is 4.43. The number of amidine groups is 1. The van der Waals surface area contributed by atoms with Crippen molar-refractivity contribution in [1.29, 1.82) is 0 Å². The molecule has 0 spiro atoms. The molecule has 0 amide bonds. The van der Waals surface area contributed by atoms with Crippen LogP contribution in [-0.4, -0.2) is 12.9 Å². The van der Waals surface area contributed by atoms with E-state index in [1.165, 1.54) is 7.11 Å². The van der Waals surface area contributed by atoms with Crippen molar-refractivity contribution in [3.63, 3.8) is 0 Å². The minimum absolute atomic E-state index is 0. The Balaban J connectivity index is 0.000000810. The van der Waals surface area contributed by atoms with E-state index >= 15 is 0 Å². The van der Waals surface area contributed by atoms with Crippen LogP contribution >= 0.6 is 0 Å². The predicted molar refractivity (Wildman–Crippen MR) is 32.4 cm³/mol. The topological polar surface area (TPSA) is 42.9 Å². The average molecular weight is 184 g/mol. The SMILES string of the molecule is CON=C1CC=CON1.[Fe]. The molecule has 0 unspecified atom stereocenters. The van der Waals surface area contributed by atoms with Gasteiger partial charge in [-0.3, -0.25) is 0 Å². The van der Waals surface area contributed by atoms with Crippen LogP contribution in [0.5, 0.6) is 0 Å². The summed E-state index contributed by atoms with van der Waals surface area (Å²) in [6.45, 7) is 0. The van der Waals surface area contributed by atoms with Gasteiger partial charge in [0.25, 0.3) is 0 Å². The number of rotatable bonds is 1. The van der Waals surface area contributed by atoms with Gasteiger partial charge in [0.15, 0.2) is 5.84 Å². The summed E-state index contributed by atoms with van der Waals surface area (Å²) in [6, 6.07) is 0. The first kappa shape index (κ1) is 9.33. The molecule has 0 bridgehead atoms. The van der Waals surface area contributed by atoms with Crippen molar-refractivity contribution in [3.05, 3.63) is 12.3 Å². The Morgan fingerprint density at radius 1 is 1.80 bits per heavy atom. The van der Waals surface area contributed by atoms with Gasteiger partial charge in [0.05, 0.1) is 0 Å². The van der Waals surface area contributed by atoms with E-state index in [0.29, 0.717) is 5.84 Å². The Morgan fingerprint density at radius 3 is 3.10 bits per heavy atom. The van der Waals surface area contributed by atoms with Gasteiger partial charge in [0.1, 0.15) is 13.4 Å². The van der Waals surface area contributed by atoms with Crippen LogP contribution in [-0.2, 0) is 26.7 Å². The molecule has 0 aromatic carbocycles. The number of hydrogen-bond donors (Lipinski definition) is 1. The summed E-state index contributed by atoms with van der Waals surface area (Å²) in [4.78, 5) is 9.19. The first-order valence-corrected chi connectivity index (χ1v) is 2.60. The third kappa shape index (κ3) is 2.75. The van der Waals surface area contributed by atoms with E-state index in [9.17, 15) is 0 Å². The zero-order valence-electron chi connectivity index (χ0n) is 5.48. The molecular weight excluding hydrogens is 176 g/mol. The van der Waals surface area contributed by atoms with Gasteiger partial charge in [-0.1, -0.05) is 5.16 Å². The molecule has 4 nitrogen and oxygen atoms in total. The number of oxime groups is 1. The van der Waals surface area contributed by atoms with Crippen LogP contribution in [0.3, 0.4) is 0 Å². The smallest absolute Gasteiger partial charge is 0.179 e. The molecule has 1 rings (SSSR count). The molecule has 1 aliphatic heterocycles. The van der Waals surface area contributed by atoms with E-state index in [1.807, 2.05) is 6.08 Å². The standard InChI is InChI=1S/C5H8N2O2.Fe/c1-8-6-5-3-2-4-9-7-5;/h2,4H,3H2,1H3,(H,6,7);. The van der Waals surface area contributed by atoms with Crippen LogP contribution in [0, 0.1) is 0 Å². The second-order valence-electron chi connectivity index (χ2n) is 1.52. The normalized spacial score (nSPS) is 18.7. The fourth-order valence-electron chi connectivity index (χ4n) is 0.518. The zero-order valence-corrected chi connectivity index (χ0v) is 6.58. The molecule has 0 saturated heterocycles. The summed E-state index contributed by atoms with van der Waals surface area (Å²) >= 11 is 0. The third-order valence-corrected chi connectivity index (χ3v) is 0.854. The second-order valence-corrected chi connectivity index (χ2v) is 1.52. The number of hydrogen-bond acceptors (Lipinski definition) is 3. The maximum absolute atomic E-state index is 4.69. The van der Waals surface area contributed by atoms with E-state index in [4.69, 9.17) is 4.84 Å². The monoisotopic (exact) mass is 184 g/mol. The molecule has 0 aliphatic carbocycles. The summed E-state index contributed by atoms with van der Waals surface area (Å²) < 4.78 is 0. The van der Waals surface area contributed by atoms with E-state index in [-0.39, 0.29) is 17.1 Å². The van der Waals surface area contributed by atoms with Gasteiger partial charge in [-0.15, -0.1) is 0 Å². The van der Waals surface area contributed by atoms with Gasteiger partial charge in [-0.25, -0.2) is 5.48 Å². The molecule has 5 heteroatoms. The van der Waals surface area contributed by atoms with Crippen LogP contribution in [0.15, 0.2) is 17.5 Å². The van der Waals surface area contributed by atoms with Crippen LogP contribution in [0.2, 0.25) is 0 Å². The first-order valence-electron chi connectivity index (χ1n) is 2.60. The molecule has 1 heterocycles. The van der Waals surface area contributed by atoms with Crippen LogP contribution < -0.4 is 5.48 Å². The van der Waals surface area contributed by atoms with Crippen molar-refractivity contribution in [2.24, 2.45) is 5.16 Å². The maximum atomic E-state index is 4.69. The Bertz CT molecular complexity index is 147. The van der Waals surface area contributed by atoms with Gasteiger partial charge in [0, 0.05) is 23.5 Å². The molecule has 0 fully saturated rings. The molecule has 0 aromatic rings. The molecule has 58 valence electrons. The summed E-state index contributed by atoms with van der Waals surface area (Å²) in [5, 5.41) is 3.61. The Morgan fingerprint density at radius 2 is 2.60 bits per heavy atom. The van der Waals surface area contributed by atoms with Crippen LogP contribution in [0.25, 0.3) is 0 Å². The molecule has 0 radical (unpaired) electrons. The van der Waals surface area contributed by atoms with Gasteiger partial charge in [-0.05, 0) is 6.08 Å². The van der Waals surface area contributed by atoms with Crippen molar-refractivity contribution in [1.82, 2.24) is 5.48 Å². The molecule has 0 aromatic heterocycles. The maximum Gasteiger partial charge on any atom is 0.179 e. The predicted octanol–water partition coefficient (Wildman–Crippen LogP) is 0.382. The largest absolute Gasteiger partial charge is 0.398 e. The van der Waals surface area contributed by atoms with Gasteiger partial charge in [0.2, 0.25) is 0 Å². The average Bonchev–Trinajstić information content (AvgIpc) is 1.91. The van der Waals surface area contributed by atoms with E-state index in [0.717, 1.165) is 6.42 Å². The van der Waals surface area contributed by atoms with Crippen molar-refractivity contribution < 1.29 is 26.7 Å². The molecule has 1 aliphatic rings. The number of nitrogens with zero attached hydrogens (tertiary/aromatic N) is 1. The minimum Gasteiger partial charge on any atom is -0.398 e. The zero-order chi connectivity index (χ0) is 6.53. The molecule has 1 N–H and O–H groups in total. The van der Waals surface area contributed by atoms with E-state index in [1.54, 1.807) is 6.26 Å². The summed E-state index contributed by atoms with van der Waals surface area (Å²) in [5.74, 6) is 0.681. The summed E-state index contributed by atoms with van der Waals surface area (Å²) in [6.07, 6.45) is 4.14. The Kier molecular flexibility index (Phi) is 4.80. The molecule has 0 atom stereocenters. The fourth-order valence-corrected chi connectivity index (χ4v) is 0.518. The van der Waals surface area contributed by atoms with E-state index < -0.39 is 0 Å². The van der Waals surface area contributed by atoms with Crippen LogP contribution in [0.1, 0.15) is 6.42 Å².